The molecule has 33 heavy (non-hydrogen) atoms. The molecule has 1 heterocycles. The van der Waals surface area contributed by atoms with E-state index in [9.17, 15) is 14.7 Å². The van der Waals surface area contributed by atoms with Gasteiger partial charge in [0.2, 0.25) is 0 Å². The van der Waals surface area contributed by atoms with Crippen LogP contribution in [0.3, 0.4) is 0 Å². The third-order valence-corrected chi connectivity index (χ3v) is 7.34. The van der Waals surface area contributed by atoms with Gasteiger partial charge in [-0.3, -0.25) is 9.59 Å². The van der Waals surface area contributed by atoms with Crippen molar-refractivity contribution in [1.29, 1.82) is 0 Å². The van der Waals surface area contributed by atoms with Crippen molar-refractivity contribution in [2.45, 2.75) is 51.2 Å². The van der Waals surface area contributed by atoms with Gasteiger partial charge in [-0.05, 0) is 73.6 Å². The summed E-state index contributed by atoms with van der Waals surface area (Å²) in [6, 6.07) is 19.2. The third kappa shape index (κ3) is 4.04. The summed E-state index contributed by atoms with van der Waals surface area (Å²) in [5.41, 5.74) is 4.40. The number of hydrogen-bond donors (Lipinski definition) is 1. The summed E-state index contributed by atoms with van der Waals surface area (Å²) in [7, 11) is 0. The van der Waals surface area contributed by atoms with Gasteiger partial charge in [0.05, 0.1) is 18.7 Å². The molecule has 1 amide bonds. The first-order chi connectivity index (χ1) is 15.8. The van der Waals surface area contributed by atoms with Crippen molar-refractivity contribution in [2.24, 2.45) is 0 Å². The van der Waals surface area contributed by atoms with Gasteiger partial charge in [0.15, 0.2) is 11.4 Å². The largest absolute Gasteiger partial charge is 0.375 e. The van der Waals surface area contributed by atoms with Crippen molar-refractivity contribution in [3.8, 4) is 0 Å². The number of ketones is 1. The minimum Gasteiger partial charge on any atom is -0.375 e. The molecule has 0 spiro atoms. The second-order valence-electron chi connectivity index (χ2n) is 9.19. The number of rotatable bonds is 5. The molecule has 0 saturated carbocycles. The van der Waals surface area contributed by atoms with Crippen molar-refractivity contribution in [3.63, 3.8) is 0 Å². The number of benzene rings is 3. The Morgan fingerprint density at radius 2 is 1.73 bits per heavy atom. The molecule has 4 nitrogen and oxygen atoms in total. The van der Waals surface area contributed by atoms with Crippen molar-refractivity contribution >= 4 is 33.3 Å². The lowest BCUT2D eigenvalue weighted by Crippen LogP contribution is -2.41. The van der Waals surface area contributed by atoms with E-state index in [2.05, 4.69) is 15.9 Å². The highest BCUT2D eigenvalue weighted by atomic mass is 79.9. The SMILES string of the molecule is Cc1ccc(CN2C(=O)C(O)(CC(=O)c3ccc4c(c3)CCCC4)c3cc(Br)ccc32)cc1. The summed E-state index contributed by atoms with van der Waals surface area (Å²) >= 11 is 3.46. The van der Waals surface area contributed by atoms with E-state index in [1.54, 1.807) is 11.0 Å². The van der Waals surface area contributed by atoms with Crippen LogP contribution in [-0.2, 0) is 29.8 Å². The standard InChI is InChI=1S/C28H26BrNO3/c1-18-6-8-19(9-7-18)17-30-25-13-12-23(29)15-24(25)28(33,27(30)32)16-26(31)22-11-10-20-4-2-3-5-21(20)14-22/h6-15,33H,2-5,16-17H2,1H3. The average molecular weight is 504 g/mol. The molecule has 1 aliphatic heterocycles. The van der Waals surface area contributed by atoms with Gasteiger partial charge in [-0.1, -0.05) is 57.9 Å². The molecule has 2 aliphatic rings. The second kappa shape index (κ2) is 8.54. The van der Waals surface area contributed by atoms with E-state index >= 15 is 0 Å². The fourth-order valence-electron chi connectivity index (χ4n) is 4.97. The van der Waals surface area contributed by atoms with Gasteiger partial charge >= 0.3 is 0 Å². The van der Waals surface area contributed by atoms with Crippen LogP contribution in [0, 0.1) is 6.92 Å². The van der Waals surface area contributed by atoms with E-state index in [4.69, 9.17) is 0 Å². The highest BCUT2D eigenvalue weighted by Gasteiger charge is 2.51. The van der Waals surface area contributed by atoms with Crippen molar-refractivity contribution in [3.05, 3.63) is 98.5 Å². The number of carbonyl (C=O) groups is 2. The number of aliphatic hydroxyl groups is 1. The molecule has 5 rings (SSSR count). The van der Waals surface area contributed by atoms with E-state index in [1.807, 2.05) is 61.5 Å². The Bertz CT molecular complexity index is 1250. The molecule has 3 aromatic rings. The van der Waals surface area contributed by atoms with Crippen LogP contribution < -0.4 is 4.90 Å². The number of hydrogen-bond acceptors (Lipinski definition) is 3. The smallest absolute Gasteiger partial charge is 0.264 e. The Morgan fingerprint density at radius 1 is 1.00 bits per heavy atom. The third-order valence-electron chi connectivity index (χ3n) is 6.84. The number of aryl methyl sites for hydroxylation is 3. The molecule has 1 N–H and O–H groups in total. The van der Waals surface area contributed by atoms with Crippen molar-refractivity contribution in [2.75, 3.05) is 4.90 Å². The van der Waals surface area contributed by atoms with Crippen LogP contribution in [0.5, 0.6) is 0 Å². The molecule has 1 aliphatic carbocycles. The molecule has 168 valence electrons. The summed E-state index contributed by atoms with van der Waals surface area (Å²) in [6.45, 7) is 2.35. The zero-order valence-corrected chi connectivity index (χ0v) is 20.2. The predicted octanol–water partition coefficient (Wildman–Crippen LogP) is 5.64. The summed E-state index contributed by atoms with van der Waals surface area (Å²) < 4.78 is 0.755. The van der Waals surface area contributed by atoms with Gasteiger partial charge < -0.3 is 10.0 Å². The lowest BCUT2D eigenvalue weighted by molar-refractivity contribution is -0.136. The summed E-state index contributed by atoms with van der Waals surface area (Å²) in [4.78, 5) is 28.5. The van der Waals surface area contributed by atoms with Gasteiger partial charge in [-0.15, -0.1) is 0 Å². The number of fused-ring (bicyclic) bond motifs is 2. The maximum atomic E-state index is 13.6. The summed E-state index contributed by atoms with van der Waals surface area (Å²) in [5, 5.41) is 11.7. The zero-order valence-electron chi connectivity index (χ0n) is 18.6. The normalized spacial score (nSPS) is 19.4. The Labute approximate surface area is 202 Å². The maximum absolute atomic E-state index is 13.6. The minimum atomic E-state index is -1.89. The Kier molecular flexibility index (Phi) is 5.71. The van der Waals surface area contributed by atoms with E-state index < -0.39 is 11.5 Å². The molecular formula is C28H26BrNO3. The number of Topliss-reactive ketones (excluding diaryl/α,β-unsaturated/α-hetero) is 1. The molecule has 0 aromatic heterocycles. The Morgan fingerprint density at radius 3 is 2.48 bits per heavy atom. The van der Waals surface area contributed by atoms with Crippen LogP contribution in [0.15, 0.2) is 65.1 Å². The fraction of sp³-hybridized carbons (Fsp3) is 0.286. The van der Waals surface area contributed by atoms with Gasteiger partial charge in [-0.25, -0.2) is 0 Å². The van der Waals surface area contributed by atoms with Crippen LogP contribution in [0.1, 0.15) is 57.4 Å². The van der Waals surface area contributed by atoms with Gasteiger partial charge in [0.1, 0.15) is 0 Å². The van der Waals surface area contributed by atoms with Crippen LogP contribution in [0.25, 0.3) is 0 Å². The lowest BCUT2D eigenvalue weighted by Gasteiger charge is -2.23. The summed E-state index contributed by atoms with van der Waals surface area (Å²) in [6.07, 6.45) is 4.04. The van der Waals surface area contributed by atoms with Crippen molar-refractivity contribution < 1.29 is 14.7 Å². The quantitative estimate of drug-likeness (QED) is 0.458. The average Bonchev–Trinajstić information content (AvgIpc) is 3.01. The number of halogens is 1. The van der Waals surface area contributed by atoms with Crippen LogP contribution >= 0.6 is 15.9 Å². The topological polar surface area (TPSA) is 57.6 Å². The van der Waals surface area contributed by atoms with Crippen LogP contribution in [0.4, 0.5) is 5.69 Å². The number of amides is 1. The van der Waals surface area contributed by atoms with Crippen LogP contribution in [0.2, 0.25) is 0 Å². The maximum Gasteiger partial charge on any atom is 0.264 e. The minimum absolute atomic E-state index is 0.220. The molecule has 0 radical (unpaired) electrons. The molecule has 0 fully saturated rings. The first kappa shape index (κ1) is 22.1. The zero-order chi connectivity index (χ0) is 23.2. The van der Waals surface area contributed by atoms with E-state index in [-0.39, 0.29) is 12.2 Å². The first-order valence-corrected chi connectivity index (χ1v) is 12.2. The Balaban J connectivity index is 1.47. The lowest BCUT2D eigenvalue weighted by atomic mass is 9.85. The summed E-state index contributed by atoms with van der Waals surface area (Å²) in [5.74, 6) is -0.676. The molecular weight excluding hydrogens is 478 g/mol. The molecule has 0 bridgehead atoms. The van der Waals surface area contributed by atoms with E-state index in [1.165, 1.54) is 17.5 Å². The molecule has 0 saturated heterocycles. The molecule has 3 aromatic carbocycles. The van der Waals surface area contributed by atoms with Crippen molar-refractivity contribution in [1.82, 2.24) is 0 Å². The van der Waals surface area contributed by atoms with Crippen LogP contribution in [-0.4, -0.2) is 16.8 Å². The second-order valence-corrected chi connectivity index (χ2v) is 10.1. The number of anilines is 1. The monoisotopic (exact) mass is 503 g/mol. The highest BCUT2D eigenvalue weighted by Crippen LogP contribution is 2.45. The van der Waals surface area contributed by atoms with E-state index in [0.717, 1.165) is 34.9 Å². The number of carbonyl (C=O) groups excluding carboxylic acids is 2. The first-order valence-electron chi connectivity index (χ1n) is 11.4. The number of nitrogens with zero attached hydrogens (tertiary/aromatic N) is 1. The van der Waals surface area contributed by atoms with E-state index in [0.29, 0.717) is 23.4 Å². The fourth-order valence-corrected chi connectivity index (χ4v) is 5.33. The van der Waals surface area contributed by atoms with Gasteiger partial charge in [-0.2, -0.15) is 0 Å². The molecule has 5 heteroatoms. The predicted molar refractivity (Wildman–Crippen MR) is 132 cm³/mol. The molecule has 1 unspecified atom stereocenters. The Hall–Kier alpha value is -2.76. The highest BCUT2D eigenvalue weighted by molar-refractivity contribution is 9.10. The van der Waals surface area contributed by atoms with Gasteiger partial charge in [0.25, 0.3) is 5.91 Å². The molecule has 1 atom stereocenters. The van der Waals surface area contributed by atoms with Gasteiger partial charge in [0, 0.05) is 15.6 Å².